The maximum atomic E-state index is 13.1. The van der Waals surface area contributed by atoms with Crippen molar-refractivity contribution in [2.45, 2.75) is 27.2 Å². The Bertz CT molecular complexity index is 1270. The molecular weight excluding hydrogens is 426 g/mol. The highest BCUT2D eigenvalue weighted by Gasteiger charge is 2.37. The number of nitrogens with zero attached hydrogens (tertiary/aromatic N) is 2. The summed E-state index contributed by atoms with van der Waals surface area (Å²) in [5.41, 5.74) is 4.98. The van der Waals surface area contributed by atoms with Crippen LogP contribution in [0.4, 0.5) is 10.5 Å². The van der Waals surface area contributed by atoms with Crippen LogP contribution in [-0.2, 0) is 16.0 Å². The average molecular weight is 448 g/mol. The Morgan fingerprint density at radius 1 is 0.969 bits per heavy atom. The number of anilines is 1. The molecule has 1 fully saturated rings. The van der Waals surface area contributed by atoms with Crippen molar-refractivity contribution in [2.24, 2.45) is 0 Å². The molecule has 1 aromatic heterocycles. The molecule has 0 bridgehead atoms. The third kappa shape index (κ3) is 3.85. The second-order valence-corrected chi connectivity index (χ2v) is 8.06. The molecule has 1 N–H and O–H groups in total. The van der Waals surface area contributed by atoms with Crippen molar-refractivity contribution in [3.05, 3.63) is 87.7 Å². The van der Waals surface area contributed by atoms with E-state index in [4.69, 9.17) is 11.6 Å². The van der Waals surface area contributed by atoms with Crippen LogP contribution in [0.15, 0.2) is 60.2 Å². The van der Waals surface area contributed by atoms with Crippen molar-refractivity contribution >= 4 is 41.2 Å². The SMILES string of the molecule is CCc1ccc(-n2c(C)cc(/C=C3\C(=O)NC(=O)N(c4cccc(Cl)c4)C3=O)c2C)cc1. The van der Waals surface area contributed by atoms with Gasteiger partial charge in [-0.05, 0) is 73.9 Å². The first-order valence-electron chi connectivity index (χ1n) is 10.3. The number of carbonyl (C=O) groups is 3. The Morgan fingerprint density at radius 3 is 2.34 bits per heavy atom. The summed E-state index contributed by atoms with van der Waals surface area (Å²) in [6.07, 6.45) is 2.49. The van der Waals surface area contributed by atoms with E-state index in [0.717, 1.165) is 34.0 Å². The van der Waals surface area contributed by atoms with Crippen LogP contribution < -0.4 is 10.2 Å². The lowest BCUT2D eigenvalue weighted by molar-refractivity contribution is -0.122. The minimum absolute atomic E-state index is 0.119. The molecule has 32 heavy (non-hydrogen) atoms. The van der Waals surface area contributed by atoms with Gasteiger partial charge >= 0.3 is 6.03 Å². The van der Waals surface area contributed by atoms with Crippen LogP contribution in [0, 0.1) is 13.8 Å². The molecule has 0 spiro atoms. The molecule has 1 aliphatic rings. The van der Waals surface area contributed by atoms with Crippen LogP contribution in [0.1, 0.15) is 29.4 Å². The summed E-state index contributed by atoms with van der Waals surface area (Å²) in [6.45, 7) is 6.00. The predicted molar refractivity (Wildman–Crippen MR) is 125 cm³/mol. The summed E-state index contributed by atoms with van der Waals surface area (Å²) < 4.78 is 2.07. The molecule has 0 unspecified atom stereocenters. The van der Waals surface area contributed by atoms with E-state index in [1.54, 1.807) is 18.2 Å². The highest BCUT2D eigenvalue weighted by molar-refractivity contribution is 6.39. The molecule has 0 atom stereocenters. The largest absolute Gasteiger partial charge is 0.335 e. The van der Waals surface area contributed by atoms with Crippen LogP contribution in [0.25, 0.3) is 11.8 Å². The summed E-state index contributed by atoms with van der Waals surface area (Å²) in [4.78, 5) is 39.0. The molecule has 2 heterocycles. The summed E-state index contributed by atoms with van der Waals surface area (Å²) >= 11 is 6.02. The number of hydrogen-bond donors (Lipinski definition) is 1. The van der Waals surface area contributed by atoms with Crippen molar-refractivity contribution in [1.29, 1.82) is 0 Å². The van der Waals surface area contributed by atoms with Gasteiger partial charge in [-0.15, -0.1) is 0 Å². The molecule has 0 saturated carbocycles. The van der Waals surface area contributed by atoms with Gasteiger partial charge in [-0.3, -0.25) is 14.9 Å². The predicted octanol–water partition coefficient (Wildman–Crippen LogP) is 4.98. The van der Waals surface area contributed by atoms with Gasteiger partial charge in [0.25, 0.3) is 11.8 Å². The first-order chi connectivity index (χ1) is 15.3. The van der Waals surface area contributed by atoms with Crippen molar-refractivity contribution in [3.63, 3.8) is 0 Å². The molecule has 162 valence electrons. The highest BCUT2D eigenvalue weighted by Crippen LogP contribution is 2.27. The Morgan fingerprint density at radius 2 is 1.69 bits per heavy atom. The molecule has 0 aliphatic carbocycles. The Balaban J connectivity index is 1.74. The number of barbiturate groups is 1. The lowest BCUT2D eigenvalue weighted by Gasteiger charge is -2.26. The smallest absolute Gasteiger partial charge is 0.318 e. The number of aromatic nitrogens is 1. The number of amides is 4. The number of benzene rings is 2. The van der Waals surface area contributed by atoms with E-state index in [-0.39, 0.29) is 5.57 Å². The zero-order chi connectivity index (χ0) is 23.0. The molecule has 7 heteroatoms. The van der Waals surface area contributed by atoms with Crippen molar-refractivity contribution < 1.29 is 14.4 Å². The Hall–Kier alpha value is -3.64. The fourth-order valence-corrected chi connectivity index (χ4v) is 4.06. The van der Waals surface area contributed by atoms with Crippen molar-refractivity contribution in [1.82, 2.24) is 9.88 Å². The monoisotopic (exact) mass is 447 g/mol. The van der Waals surface area contributed by atoms with Gasteiger partial charge in [-0.25, -0.2) is 9.69 Å². The number of halogens is 1. The summed E-state index contributed by atoms with van der Waals surface area (Å²) in [5.74, 6) is -1.42. The second-order valence-electron chi connectivity index (χ2n) is 7.62. The van der Waals surface area contributed by atoms with Crippen LogP contribution in [0.3, 0.4) is 0 Å². The number of carbonyl (C=O) groups excluding carboxylic acids is 3. The minimum Gasteiger partial charge on any atom is -0.318 e. The standard InChI is InChI=1S/C25H22ClN3O3/c1-4-17-8-10-20(11-9-17)28-15(2)12-18(16(28)3)13-22-23(30)27-25(32)29(24(22)31)21-7-5-6-19(26)14-21/h5-14H,4H2,1-3H3,(H,27,30,32)/b22-13+. The average Bonchev–Trinajstić information content (AvgIpc) is 3.04. The summed E-state index contributed by atoms with van der Waals surface area (Å²) in [7, 11) is 0. The van der Waals surface area contributed by atoms with E-state index in [0.29, 0.717) is 10.7 Å². The zero-order valence-corrected chi connectivity index (χ0v) is 18.7. The molecule has 2 aromatic carbocycles. The van der Waals surface area contributed by atoms with Gasteiger partial charge in [0, 0.05) is 22.1 Å². The maximum Gasteiger partial charge on any atom is 0.335 e. The van der Waals surface area contributed by atoms with Gasteiger partial charge in [0.05, 0.1) is 5.69 Å². The fourth-order valence-electron chi connectivity index (χ4n) is 3.87. The molecule has 1 saturated heterocycles. The van der Waals surface area contributed by atoms with Crippen molar-refractivity contribution in [2.75, 3.05) is 4.90 Å². The van der Waals surface area contributed by atoms with Gasteiger partial charge in [-0.1, -0.05) is 36.7 Å². The van der Waals surface area contributed by atoms with E-state index in [1.807, 2.05) is 32.0 Å². The fraction of sp³-hybridized carbons (Fsp3) is 0.160. The lowest BCUT2D eigenvalue weighted by Crippen LogP contribution is -2.54. The molecule has 3 aromatic rings. The van der Waals surface area contributed by atoms with E-state index < -0.39 is 17.8 Å². The number of imide groups is 2. The molecule has 1 aliphatic heterocycles. The quantitative estimate of drug-likeness (QED) is 0.453. The second kappa shape index (κ2) is 8.48. The van der Waals surface area contributed by atoms with Crippen LogP contribution >= 0.6 is 11.6 Å². The normalized spacial score (nSPS) is 15.4. The van der Waals surface area contributed by atoms with Gasteiger partial charge in [-0.2, -0.15) is 0 Å². The topological polar surface area (TPSA) is 71.4 Å². The van der Waals surface area contributed by atoms with Crippen LogP contribution in [-0.4, -0.2) is 22.4 Å². The maximum absolute atomic E-state index is 13.1. The zero-order valence-electron chi connectivity index (χ0n) is 18.0. The summed E-state index contributed by atoms with van der Waals surface area (Å²) in [5, 5.41) is 2.62. The molecule has 0 radical (unpaired) electrons. The number of nitrogens with one attached hydrogen (secondary N) is 1. The Labute approximate surface area is 191 Å². The van der Waals surface area contributed by atoms with E-state index in [2.05, 4.69) is 28.9 Å². The van der Waals surface area contributed by atoms with Gasteiger partial charge in [0.1, 0.15) is 5.57 Å². The van der Waals surface area contributed by atoms with E-state index >= 15 is 0 Å². The number of rotatable bonds is 4. The van der Waals surface area contributed by atoms with Crippen LogP contribution in [0.5, 0.6) is 0 Å². The highest BCUT2D eigenvalue weighted by atomic mass is 35.5. The minimum atomic E-state index is -0.805. The number of hydrogen-bond acceptors (Lipinski definition) is 3. The Kier molecular flexibility index (Phi) is 5.72. The molecule has 4 rings (SSSR count). The molecule has 6 nitrogen and oxygen atoms in total. The number of aryl methyl sites for hydroxylation is 2. The first kappa shape index (κ1) is 21.6. The van der Waals surface area contributed by atoms with Gasteiger partial charge < -0.3 is 4.57 Å². The summed E-state index contributed by atoms with van der Waals surface area (Å²) in [6, 6.07) is 15.7. The third-order valence-electron chi connectivity index (χ3n) is 5.54. The lowest BCUT2D eigenvalue weighted by atomic mass is 10.1. The third-order valence-corrected chi connectivity index (χ3v) is 5.78. The van der Waals surface area contributed by atoms with Crippen molar-refractivity contribution in [3.8, 4) is 5.69 Å². The van der Waals surface area contributed by atoms with E-state index in [1.165, 1.54) is 17.7 Å². The van der Waals surface area contributed by atoms with Gasteiger partial charge in [0.15, 0.2) is 0 Å². The van der Waals surface area contributed by atoms with Crippen LogP contribution in [0.2, 0.25) is 5.02 Å². The first-order valence-corrected chi connectivity index (χ1v) is 10.6. The molecule has 4 amide bonds. The molecular formula is C25H22ClN3O3. The van der Waals surface area contributed by atoms with Gasteiger partial charge in [0.2, 0.25) is 0 Å². The van der Waals surface area contributed by atoms with E-state index in [9.17, 15) is 14.4 Å². The number of urea groups is 1.